The Kier molecular flexibility index (Phi) is 8.85. The summed E-state index contributed by atoms with van der Waals surface area (Å²) in [4.78, 5) is 27.9. The molecule has 1 aromatic heterocycles. The monoisotopic (exact) mass is 742 g/mol. The van der Waals surface area contributed by atoms with Gasteiger partial charge in [0.05, 0.1) is 9.79 Å². The van der Waals surface area contributed by atoms with E-state index >= 15 is 0 Å². The van der Waals surface area contributed by atoms with E-state index in [-0.39, 0.29) is 0 Å². The largest absolute Gasteiger partial charge is 0.455 e. The van der Waals surface area contributed by atoms with Gasteiger partial charge in [0.2, 0.25) is 0 Å². The van der Waals surface area contributed by atoms with Crippen molar-refractivity contribution in [3.63, 3.8) is 0 Å². The maximum absolute atomic E-state index is 6.31. The van der Waals surface area contributed by atoms with Gasteiger partial charge in [-0.25, -0.2) is 24.9 Å². The van der Waals surface area contributed by atoms with Gasteiger partial charge in [0.15, 0.2) is 23.6 Å². The number of para-hydroxylation sites is 1. The Labute approximate surface area is 329 Å². The first kappa shape index (κ1) is 33.7. The van der Waals surface area contributed by atoms with E-state index in [1.165, 1.54) is 0 Å². The summed E-state index contributed by atoms with van der Waals surface area (Å²) in [6.45, 7) is 0. The molecule has 3 aliphatic rings. The highest BCUT2D eigenvalue weighted by atomic mass is 32.2. The molecule has 1 N–H and O–H groups in total. The molecule has 0 radical (unpaired) electrons. The lowest BCUT2D eigenvalue weighted by atomic mass is 9.97. The topological polar surface area (TPSA) is 84.7 Å². The van der Waals surface area contributed by atoms with Gasteiger partial charge < -0.3 is 10.1 Å². The zero-order valence-corrected chi connectivity index (χ0v) is 31.0. The van der Waals surface area contributed by atoms with Crippen LogP contribution in [0.1, 0.15) is 41.5 Å². The Hall–Kier alpha value is -6.90. The molecule has 2 aliphatic heterocycles. The highest BCUT2D eigenvalue weighted by Gasteiger charge is 2.24. The summed E-state index contributed by atoms with van der Waals surface area (Å²) in [6.07, 6.45) is 7.88. The van der Waals surface area contributed by atoms with Crippen LogP contribution in [0.2, 0.25) is 0 Å². The van der Waals surface area contributed by atoms with E-state index in [0.717, 1.165) is 90.3 Å². The second-order valence-electron chi connectivity index (χ2n) is 13.7. The first-order chi connectivity index (χ1) is 27.7. The van der Waals surface area contributed by atoms with Crippen LogP contribution in [-0.2, 0) is 0 Å². The second kappa shape index (κ2) is 14.7. The number of ether oxygens (including phenoxy) is 1. The zero-order valence-electron chi connectivity index (χ0n) is 30.2. The fourth-order valence-corrected chi connectivity index (χ4v) is 8.01. The van der Waals surface area contributed by atoms with E-state index in [1.807, 2.05) is 84.9 Å². The van der Waals surface area contributed by atoms with Gasteiger partial charge >= 0.3 is 0 Å². The standard InChI is InChI=1S/C48H34N6OS/c1-5-15-31(16-6-1)43-49-44(32-17-7-2-8-18-32)52-47(51-43)37-27-36(35-25-26-40-42(30-35)56-41-24-14-13-23-39(41)55-40)28-38(29-37)48-53-45(33-19-9-3-10-20-33)50-46(54-48)34-21-11-4-12-22-34/h1-3,5-11,13-30,47H,4,12H2,(H,49,51,52). The molecule has 0 atom stereocenters. The van der Waals surface area contributed by atoms with Crippen LogP contribution in [0.3, 0.4) is 0 Å². The van der Waals surface area contributed by atoms with Crippen molar-refractivity contribution in [2.45, 2.75) is 28.8 Å². The van der Waals surface area contributed by atoms with Crippen molar-refractivity contribution in [1.82, 2.24) is 20.3 Å². The van der Waals surface area contributed by atoms with Gasteiger partial charge in [0, 0.05) is 27.8 Å². The maximum Gasteiger partial charge on any atom is 0.169 e. The average molecular weight is 743 g/mol. The number of hydrogen-bond acceptors (Lipinski definition) is 8. The van der Waals surface area contributed by atoms with Crippen LogP contribution in [0, 0.1) is 0 Å². The summed E-state index contributed by atoms with van der Waals surface area (Å²) in [5, 5.41) is 3.53. The SMILES string of the molecule is C1=CC(c2nc(-c3ccccc3)nc(-c3cc(-c4ccc5c(c4)Sc4ccccc4O5)cc(C4N=C(c5ccccc5)NC(c5ccccc5)=N4)c3)n2)=CCC1. The minimum atomic E-state index is -0.554. The van der Waals surface area contributed by atoms with E-state index < -0.39 is 6.17 Å². The quantitative estimate of drug-likeness (QED) is 0.175. The van der Waals surface area contributed by atoms with Crippen LogP contribution in [0.4, 0.5) is 0 Å². The van der Waals surface area contributed by atoms with Crippen LogP contribution in [0.25, 0.3) is 39.5 Å². The molecule has 268 valence electrons. The van der Waals surface area contributed by atoms with Crippen molar-refractivity contribution in [2.75, 3.05) is 0 Å². The smallest absolute Gasteiger partial charge is 0.169 e. The minimum absolute atomic E-state index is 0.554. The molecular weight excluding hydrogens is 709 g/mol. The van der Waals surface area contributed by atoms with E-state index in [0.29, 0.717) is 17.5 Å². The summed E-state index contributed by atoms with van der Waals surface area (Å²) in [7, 11) is 0. The van der Waals surface area contributed by atoms with Gasteiger partial charge in [-0.1, -0.05) is 139 Å². The Balaban J connectivity index is 1.16. The molecule has 3 heterocycles. The number of aromatic nitrogens is 3. The lowest BCUT2D eigenvalue weighted by Crippen LogP contribution is -2.36. The number of benzene rings is 6. The minimum Gasteiger partial charge on any atom is -0.455 e. The lowest BCUT2D eigenvalue weighted by molar-refractivity contribution is 0.454. The van der Waals surface area contributed by atoms with Crippen LogP contribution < -0.4 is 10.1 Å². The fraction of sp³-hybridized carbons (Fsp3) is 0.0625. The van der Waals surface area contributed by atoms with Gasteiger partial charge in [-0.15, -0.1) is 0 Å². The summed E-state index contributed by atoms with van der Waals surface area (Å²) < 4.78 is 6.31. The number of allylic oxidation sites excluding steroid dienone is 4. The predicted octanol–water partition coefficient (Wildman–Crippen LogP) is 11.4. The van der Waals surface area contributed by atoms with E-state index in [1.54, 1.807) is 11.8 Å². The number of fused-ring (bicyclic) bond motifs is 2. The molecule has 10 rings (SSSR count). The van der Waals surface area contributed by atoms with E-state index in [4.69, 9.17) is 29.7 Å². The van der Waals surface area contributed by atoms with Crippen molar-refractivity contribution >= 4 is 29.0 Å². The fourth-order valence-electron chi connectivity index (χ4n) is 7.02. The number of aliphatic imine (C=N–C) groups is 2. The molecule has 0 spiro atoms. The van der Waals surface area contributed by atoms with Crippen LogP contribution >= 0.6 is 11.8 Å². The molecule has 0 fully saturated rings. The third-order valence-corrected chi connectivity index (χ3v) is 10.9. The van der Waals surface area contributed by atoms with Gasteiger partial charge in [0.25, 0.3) is 0 Å². The Bertz CT molecular complexity index is 2670. The zero-order chi connectivity index (χ0) is 37.3. The summed E-state index contributed by atoms with van der Waals surface area (Å²) in [5.74, 6) is 5.06. The Morgan fingerprint density at radius 3 is 1.80 bits per heavy atom. The van der Waals surface area contributed by atoms with E-state index in [9.17, 15) is 0 Å². The highest BCUT2D eigenvalue weighted by Crippen LogP contribution is 2.48. The third kappa shape index (κ3) is 6.83. The molecule has 56 heavy (non-hydrogen) atoms. The molecule has 1 aliphatic carbocycles. The second-order valence-corrected chi connectivity index (χ2v) is 14.7. The maximum atomic E-state index is 6.31. The van der Waals surface area contributed by atoms with Crippen molar-refractivity contribution < 1.29 is 4.74 Å². The van der Waals surface area contributed by atoms with Crippen molar-refractivity contribution in [3.8, 4) is 45.4 Å². The third-order valence-electron chi connectivity index (χ3n) is 9.83. The Morgan fingerprint density at radius 2 is 1.11 bits per heavy atom. The number of hydrogen-bond donors (Lipinski definition) is 1. The van der Waals surface area contributed by atoms with Crippen LogP contribution in [-0.4, -0.2) is 26.6 Å². The van der Waals surface area contributed by atoms with Crippen molar-refractivity contribution in [2.24, 2.45) is 9.98 Å². The normalized spacial score (nSPS) is 14.7. The predicted molar refractivity (Wildman–Crippen MR) is 225 cm³/mol. The summed E-state index contributed by atoms with van der Waals surface area (Å²) in [5.41, 5.74) is 7.66. The van der Waals surface area contributed by atoms with Crippen molar-refractivity contribution in [3.05, 3.63) is 192 Å². The van der Waals surface area contributed by atoms with Gasteiger partial charge in [-0.2, -0.15) is 0 Å². The molecule has 8 heteroatoms. The molecule has 7 aromatic rings. The molecule has 0 amide bonds. The highest BCUT2D eigenvalue weighted by molar-refractivity contribution is 7.99. The van der Waals surface area contributed by atoms with Crippen LogP contribution in [0.5, 0.6) is 11.5 Å². The average Bonchev–Trinajstić information content (AvgIpc) is 3.29. The molecule has 7 nitrogen and oxygen atoms in total. The van der Waals surface area contributed by atoms with E-state index in [2.05, 4.69) is 90.3 Å². The van der Waals surface area contributed by atoms with Crippen molar-refractivity contribution in [1.29, 1.82) is 0 Å². The molecule has 0 saturated heterocycles. The summed E-state index contributed by atoms with van der Waals surface area (Å²) >= 11 is 1.71. The lowest BCUT2D eigenvalue weighted by Gasteiger charge is -2.23. The molecule has 6 aromatic carbocycles. The first-order valence-corrected chi connectivity index (χ1v) is 19.5. The first-order valence-electron chi connectivity index (χ1n) is 18.7. The number of amidine groups is 2. The summed E-state index contributed by atoms with van der Waals surface area (Å²) in [6, 6.07) is 51.5. The number of rotatable bonds is 7. The molecule has 0 saturated carbocycles. The van der Waals surface area contributed by atoms with Gasteiger partial charge in [0.1, 0.15) is 23.2 Å². The molecule has 0 unspecified atom stereocenters. The molecule has 0 bridgehead atoms. The number of nitrogens with zero attached hydrogens (tertiary/aromatic N) is 5. The Morgan fingerprint density at radius 1 is 0.500 bits per heavy atom. The van der Waals surface area contributed by atoms with Gasteiger partial charge in [-0.05, 0) is 72.0 Å². The molecular formula is C48H34N6OS. The van der Waals surface area contributed by atoms with Crippen LogP contribution in [0.15, 0.2) is 190 Å². The number of nitrogens with one attached hydrogen (secondary N) is 1. The van der Waals surface area contributed by atoms with Gasteiger partial charge in [-0.3, -0.25) is 0 Å².